The van der Waals surface area contributed by atoms with Gasteiger partial charge in [0.05, 0.1) is 5.69 Å². The van der Waals surface area contributed by atoms with Crippen LogP contribution in [0.1, 0.15) is 37.4 Å². The fraction of sp³-hybridized carbons (Fsp3) is 0.438. The van der Waals surface area contributed by atoms with Crippen LogP contribution >= 0.6 is 22.9 Å². The van der Waals surface area contributed by atoms with Gasteiger partial charge in [0.1, 0.15) is 4.88 Å². The normalized spacial score (nSPS) is 19.7. The zero-order valence-electron chi connectivity index (χ0n) is 12.6. The maximum Gasteiger partial charge on any atom is 0.263 e. The number of hydrogen-bond acceptors (Lipinski definition) is 3. The van der Waals surface area contributed by atoms with Gasteiger partial charge in [0.2, 0.25) is 0 Å². The van der Waals surface area contributed by atoms with Crippen molar-refractivity contribution in [1.82, 2.24) is 5.32 Å². The fourth-order valence-electron chi connectivity index (χ4n) is 3.01. The largest absolute Gasteiger partial charge is 0.397 e. The van der Waals surface area contributed by atoms with Crippen molar-refractivity contribution in [3.8, 4) is 0 Å². The van der Waals surface area contributed by atoms with Gasteiger partial charge in [0, 0.05) is 21.2 Å². The summed E-state index contributed by atoms with van der Waals surface area (Å²) >= 11 is 7.39. The van der Waals surface area contributed by atoms with Crippen molar-refractivity contribution >= 4 is 44.6 Å². The van der Waals surface area contributed by atoms with Gasteiger partial charge in [-0.1, -0.05) is 39.3 Å². The molecule has 0 bridgehead atoms. The molecule has 21 heavy (non-hydrogen) atoms. The highest BCUT2D eigenvalue weighted by Crippen LogP contribution is 2.62. The summed E-state index contributed by atoms with van der Waals surface area (Å²) < 4.78 is 0.944. The molecular formula is C16H19ClN2OS. The highest BCUT2D eigenvalue weighted by molar-refractivity contribution is 7.21. The first-order chi connectivity index (χ1) is 9.66. The van der Waals surface area contributed by atoms with E-state index in [0.29, 0.717) is 15.6 Å². The monoisotopic (exact) mass is 322 g/mol. The van der Waals surface area contributed by atoms with Crippen molar-refractivity contribution in [3.05, 3.63) is 28.1 Å². The number of carbonyl (C=O) groups excluding carboxylic acids is 1. The Morgan fingerprint density at radius 2 is 1.90 bits per heavy atom. The Kier molecular flexibility index (Phi) is 3.05. The summed E-state index contributed by atoms with van der Waals surface area (Å²) in [7, 11) is 0. The number of rotatable bonds is 2. The molecule has 112 valence electrons. The number of nitrogens with one attached hydrogen (secondary N) is 1. The number of benzene rings is 1. The molecule has 0 spiro atoms. The lowest BCUT2D eigenvalue weighted by Gasteiger charge is -2.06. The molecule has 1 fully saturated rings. The van der Waals surface area contributed by atoms with Gasteiger partial charge in [-0.15, -0.1) is 11.3 Å². The molecule has 5 heteroatoms. The molecule has 1 amide bonds. The highest BCUT2D eigenvalue weighted by Gasteiger charge is 2.65. The summed E-state index contributed by atoms with van der Waals surface area (Å²) in [6.07, 6.45) is 0. The second-order valence-corrected chi connectivity index (χ2v) is 8.32. The minimum Gasteiger partial charge on any atom is -0.397 e. The van der Waals surface area contributed by atoms with Crippen LogP contribution in [0.4, 0.5) is 5.69 Å². The van der Waals surface area contributed by atoms with Gasteiger partial charge in [-0.05, 0) is 29.0 Å². The summed E-state index contributed by atoms with van der Waals surface area (Å²) in [6.45, 7) is 8.69. The third-order valence-electron chi connectivity index (χ3n) is 5.19. The number of fused-ring (bicyclic) bond motifs is 1. The van der Waals surface area contributed by atoms with Crippen LogP contribution in [0, 0.1) is 10.8 Å². The zero-order chi connectivity index (χ0) is 15.6. The number of hydrogen-bond donors (Lipinski definition) is 2. The highest BCUT2D eigenvalue weighted by atomic mass is 35.5. The third-order valence-corrected chi connectivity index (χ3v) is 6.60. The van der Waals surface area contributed by atoms with Gasteiger partial charge in [-0.25, -0.2) is 0 Å². The summed E-state index contributed by atoms with van der Waals surface area (Å²) in [5, 5.41) is 4.67. The molecule has 3 rings (SSSR count). The maximum absolute atomic E-state index is 12.5. The lowest BCUT2D eigenvalue weighted by atomic mass is 10.0. The Hall–Kier alpha value is -1.26. The first-order valence-electron chi connectivity index (χ1n) is 6.94. The number of halogens is 1. The predicted octanol–water partition coefficient (Wildman–Crippen LogP) is 4.30. The number of nitrogens with two attached hydrogens (primary N) is 1. The summed E-state index contributed by atoms with van der Waals surface area (Å²) in [6, 6.07) is 5.68. The van der Waals surface area contributed by atoms with Crippen molar-refractivity contribution in [2.45, 2.75) is 33.7 Å². The number of carbonyl (C=O) groups is 1. The van der Waals surface area contributed by atoms with Crippen LogP contribution in [-0.2, 0) is 0 Å². The molecule has 1 heterocycles. The SMILES string of the molecule is CC1(C)C(NC(=O)c2sc3cc(Cl)ccc3c2N)C1(C)C. The molecule has 3 N–H and O–H groups in total. The van der Waals surface area contributed by atoms with E-state index in [2.05, 4.69) is 33.0 Å². The van der Waals surface area contributed by atoms with Crippen molar-refractivity contribution in [3.63, 3.8) is 0 Å². The predicted molar refractivity (Wildman–Crippen MR) is 90.1 cm³/mol. The molecule has 0 aliphatic heterocycles. The Morgan fingerprint density at radius 3 is 2.48 bits per heavy atom. The van der Waals surface area contributed by atoms with Crippen molar-refractivity contribution < 1.29 is 4.79 Å². The van der Waals surface area contributed by atoms with E-state index in [0.717, 1.165) is 10.1 Å². The molecule has 3 nitrogen and oxygen atoms in total. The van der Waals surface area contributed by atoms with Crippen LogP contribution < -0.4 is 11.1 Å². The van der Waals surface area contributed by atoms with Crippen LogP contribution in [0.25, 0.3) is 10.1 Å². The van der Waals surface area contributed by atoms with E-state index in [1.54, 1.807) is 6.07 Å². The zero-order valence-corrected chi connectivity index (χ0v) is 14.2. The molecule has 1 saturated carbocycles. The van der Waals surface area contributed by atoms with E-state index in [4.69, 9.17) is 17.3 Å². The van der Waals surface area contributed by atoms with Crippen molar-refractivity contribution in [2.75, 3.05) is 5.73 Å². The summed E-state index contributed by atoms with van der Waals surface area (Å²) in [5.41, 5.74) is 6.89. The summed E-state index contributed by atoms with van der Waals surface area (Å²) in [4.78, 5) is 13.1. The molecular weight excluding hydrogens is 304 g/mol. The van der Waals surface area contributed by atoms with Gasteiger partial charge in [0.15, 0.2) is 0 Å². The lowest BCUT2D eigenvalue weighted by Crippen LogP contribution is -2.29. The number of nitrogen functional groups attached to an aromatic ring is 1. The Morgan fingerprint density at radius 1 is 1.29 bits per heavy atom. The molecule has 0 unspecified atom stereocenters. The smallest absolute Gasteiger partial charge is 0.263 e. The van der Waals surface area contributed by atoms with Crippen LogP contribution in [0.5, 0.6) is 0 Å². The van der Waals surface area contributed by atoms with E-state index in [1.807, 2.05) is 12.1 Å². The van der Waals surface area contributed by atoms with E-state index >= 15 is 0 Å². The number of thiophene rings is 1. The van der Waals surface area contributed by atoms with Crippen LogP contribution in [0.15, 0.2) is 18.2 Å². The van der Waals surface area contributed by atoms with Gasteiger partial charge in [0.25, 0.3) is 5.91 Å². The Bertz CT molecular complexity index is 734. The first kappa shape index (κ1) is 14.7. The van der Waals surface area contributed by atoms with Gasteiger partial charge < -0.3 is 11.1 Å². The molecule has 1 aliphatic rings. The molecule has 1 aliphatic carbocycles. The topological polar surface area (TPSA) is 55.1 Å². The molecule has 2 aromatic rings. The molecule has 1 aromatic heterocycles. The minimum absolute atomic E-state index is 0.0894. The molecule has 0 atom stereocenters. The van der Waals surface area contributed by atoms with E-state index < -0.39 is 0 Å². The van der Waals surface area contributed by atoms with E-state index in [9.17, 15) is 4.79 Å². The van der Waals surface area contributed by atoms with Gasteiger partial charge in [-0.3, -0.25) is 4.79 Å². The minimum atomic E-state index is -0.0894. The first-order valence-corrected chi connectivity index (χ1v) is 8.14. The molecule has 0 radical (unpaired) electrons. The second kappa shape index (κ2) is 4.37. The van der Waals surface area contributed by atoms with Crippen molar-refractivity contribution in [2.24, 2.45) is 10.8 Å². The Balaban J connectivity index is 1.91. The van der Waals surface area contributed by atoms with E-state index in [1.165, 1.54) is 11.3 Å². The second-order valence-electron chi connectivity index (χ2n) is 6.84. The van der Waals surface area contributed by atoms with Crippen LogP contribution in [0.2, 0.25) is 5.02 Å². The molecule has 1 aromatic carbocycles. The van der Waals surface area contributed by atoms with Crippen molar-refractivity contribution in [1.29, 1.82) is 0 Å². The average Bonchev–Trinajstić information content (AvgIpc) is 2.69. The lowest BCUT2D eigenvalue weighted by molar-refractivity contribution is 0.0948. The van der Waals surface area contributed by atoms with Crippen LogP contribution in [0.3, 0.4) is 0 Å². The average molecular weight is 323 g/mol. The number of amides is 1. The Labute approximate surface area is 133 Å². The quantitative estimate of drug-likeness (QED) is 0.866. The third kappa shape index (κ3) is 2.04. The van der Waals surface area contributed by atoms with Gasteiger partial charge in [-0.2, -0.15) is 0 Å². The van der Waals surface area contributed by atoms with Crippen LogP contribution in [-0.4, -0.2) is 11.9 Å². The standard InChI is InChI=1S/C16H19ClN2OS/c1-15(2)14(16(15,3)4)19-13(20)12-11(18)9-6-5-8(17)7-10(9)21-12/h5-7,14H,18H2,1-4H3,(H,19,20). The molecule has 0 saturated heterocycles. The van der Waals surface area contributed by atoms with Gasteiger partial charge >= 0.3 is 0 Å². The number of anilines is 1. The van der Waals surface area contributed by atoms with E-state index in [-0.39, 0.29) is 22.8 Å². The maximum atomic E-state index is 12.5. The summed E-state index contributed by atoms with van der Waals surface area (Å²) in [5.74, 6) is -0.0894. The fourth-order valence-corrected chi connectivity index (χ4v) is 4.31.